The highest BCUT2D eigenvalue weighted by Crippen LogP contribution is 2.20. The van der Waals surface area contributed by atoms with Crippen LogP contribution in [0.15, 0.2) is 12.4 Å². The van der Waals surface area contributed by atoms with Gasteiger partial charge in [0.2, 0.25) is 0 Å². The van der Waals surface area contributed by atoms with Gasteiger partial charge in [-0.05, 0) is 24.0 Å². The maximum Gasteiger partial charge on any atom is 0.256 e. The number of halogens is 2. The molecule has 0 spiro atoms. The summed E-state index contributed by atoms with van der Waals surface area (Å²) < 4.78 is 25.6. The van der Waals surface area contributed by atoms with Gasteiger partial charge in [0.15, 0.2) is 0 Å². The molecule has 0 unspecified atom stereocenters. The highest BCUT2D eigenvalue weighted by atomic mass is 19.3. The molecule has 0 bridgehead atoms. The normalized spacial score (nSPS) is 11.6. The summed E-state index contributed by atoms with van der Waals surface area (Å²) in [6, 6.07) is 0. The number of hydrogen-bond acceptors (Lipinski definition) is 0. The van der Waals surface area contributed by atoms with Crippen LogP contribution in [0.25, 0.3) is 0 Å². The summed E-state index contributed by atoms with van der Waals surface area (Å²) in [7, 11) is 0. The van der Waals surface area contributed by atoms with Crippen LogP contribution in [0.2, 0.25) is 0 Å². The molecule has 0 aliphatic carbocycles. The lowest BCUT2D eigenvalue weighted by atomic mass is 10.0. The molecule has 0 radical (unpaired) electrons. The summed E-state index contributed by atoms with van der Waals surface area (Å²) in [6.45, 7) is 5.88. The van der Waals surface area contributed by atoms with E-state index >= 15 is 0 Å². The van der Waals surface area contributed by atoms with Crippen molar-refractivity contribution in [2.24, 2.45) is 0 Å². The Labute approximate surface area is 77.4 Å². The average molecular weight is 187 g/mol. The lowest BCUT2D eigenvalue weighted by molar-refractivity contribution is 0.126. The topological polar surface area (TPSA) is 4.93 Å². The van der Waals surface area contributed by atoms with E-state index in [9.17, 15) is 8.78 Å². The predicted molar refractivity (Wildman–Crippen MR) is 49.3 cm³/mol. The van der Waals surface area contributed by atoms with E-state index in [1.807, 2.05) is 13.1 Å². The van der Waals surface area contributed by atoms with Crippen molar-refractivity contribution in [2.75, 3.05) is 0 Å². The van der Waals surface area contributed by atoms with E-state index < -0.39 is 6.43 Å². The van der Waals surface area contributed by atoms with Gasteiger partial charge < -0.3 is 4.57 Å². The van der Waals surface area contributed by atoms with Gasteiger partial charge in [-0.2, -0.15) is 0 Å². The summed E-state index contributed by atoms with van der Waals surface area (Å²) in [4.78, 5) is 0. The second-order valence-corrected chi connectivity index (χ2v) is 3.64. The van der Waals surface area contributed by atoms with E-state index in [1.54, 1.807) is 10.8 Å². The van der Waals surface area contributed by atoms with Crippen molar-refractivity contribution in [3.05, 3.63) is 23.5 Å². The first-order chi connectivity index (χ1) is 6.00. The Morgan fingerprint density at radius 3 is 2.31 bits per heavy atom. The summed E-state index contributed by atoms with van der Waals surface area (Å²) in [6.07, 6.45) is 1.32. The summed E-state index contributed by atoms with van der Waals surface area (Å²) in [5.74, 6) is 0.402. The maximum atomic E-state index is 12.0. The second-order valence-electron chi connectivity index (χ2n) is 3.64. The van der Waals surface area contributed by atoms with Gasteiger partial charge in [-0.3, -0.25) is 0 Å². The number of aromatic nitrogens is 1. The smallest absolute Gasteiger partial charge is 0.256 e. The highest BCUT2D eigenvalue weighted by Gasteiger charge is 2.09. The average Bonchev–Trinajstić information content (AvgIpc) is 2.29. The molecule has 0 amide bonds. The van der Waals surface area contributed by atoms with Gasteiger partial charge in [0.05, 0.1) is 6.54 Å². The summed E-state index contributed by atoms with van der Waals surface area (Å²) in [5, 5.41) is 0. The van der Waals surface area contributed by atoms with Crippen molar-refractivity contribution in [3.63, 3.8) is 0 Å². The lowest BCUT2D eigenvalue weighted by Crippen LogP contribution is -2.03. The molecule has 1 aromatic heterocycles. The van der Waals surface area contributed by atoms with E-state index in [2.05, 4.69) is 13.8 Å². The van der Waals surface area contributed by atoms with Crippen molar-refractivity contribution in [1.82, 2.24) is 4.57 Å². The SMILES string of the molecule is Cc1cn(CC(F)F)cc1C(C)C. The Balaban J connectivity index is 2.82. The highest BCUT2D eigenvalue weighted by molar-refractivity contribution is 5.25. The molecule has 0 aliphatic rings. The van der Waals surface area contributed by atoms with Gasteiger partial charge >= 0.3 is 0 Å². The Bertz CT molecular complexity index is 276. The zero-order valence-corrected chi connectivity index (χ0v) is 8.22. The Morgan fingerprint density at radius 2 is 1.92 bits per heavy atom. The molecule has 1 nitrogen and oxygen atoms in total. The van der Waals surface area contributed by atoms with Crippen molar-refractivity contribution in [3.8, 4) is 0 Å². The van der Waals surface area contributed by atoms with Crippen LogP contribution >= 0.6 is 0 Å². The van der Waals surface area contributed by atoms with Crippen LogP contribution in [0.5, 0.6) is 0 Å². The molecule has 0 aromatic carbocycles. The van der Waals surface area contributed by atoms with Crippen LogP contribution in [0.1, 0.15) is 30.9 Å². The summed E-state index contributed by atoms with van der Waals surface area (Å²) in [5.41, 5.74) is 2.25. The fourth-order valence-electron chi connectivity index (χ4n) is 1.51. The van der Waals surface area contributed by atoms with Crippen LogP contribution in [0.3, 0.4) is 0 Å². The van der Waals surface area contributed by atoms with Crippen molar-refractivity contribution < 1.29 is 8.78 Å². The van der Waals surface area contributed by atoms with Crippen LogP contribution in [0, 0.1) is 6.92 Å². The lowest BCUT2D eigenvalue weighted by Gasteiger charge is -2.02. The number of aryl methyl sites for hydroxylation is 1. The van der Waals surface area contributed by atoms with Gasteiger partial charge in [0, 0.05) is 12.4 Å². The number of hydrogen-bond donors (Lipinski definition) is 0. The fourth-order valence-corrected chi connectivity index (χ4v) is 1.51. The van der Waals surface area contributed by atoms with Gasteiger partial charge in [-0.15, -0.1) is 0 Å². The first kappa shape index (κ1) is 10.2. The first-order valence-corrected chi connectivity index (χ1v) is 4.45. The molecule has 0 saturated heterocycles. The van der Waals surface area contributed by atoms with Crippen LogP contribution in [-0.4, -0.2) is 11.0 Å². The Morgan fingerprint density at radius 1 is 1.31 bits per heavy atom. The molecular weight excluding hydrogens is 172 g/mol. The Kier molecular flexibility index (Phi) is 3.07. The molecule has 0 fully saturated rings. The predicted octanol–water partition coefficient (Wildman–Crippen LogP) is 3.19. The van der Waals surface area contributed by atoms with E-state index in [-0.39, 0.29) is 6.54 Å². The van der Waals surface area contributed by atoms with Gasteiger partial charge in [-0.25, -0.2) is 8.78 Å². The van der Waals surface area contributed by atoms with Crippen LogP contribution < -0.4 is 0 Å². The number of rotatable bonds is 3. The zero-order valence-electron chi connectivity index (χ0n) is 8.22. The third-order valence-electron chi connectivity index (χ3n) is 2.09. The number of alkyl halides is 2. The molecular formula is C10H15F2N. The van der Waals surface area contributed by atoms with Crippen LogP contribution in [0.4, 0.5) is 8.78 Å². The van der Waals surface area contributed by atoms with E-state index in [0.717, 1.165) is 11.1 Å². The quantitative estimate of drug-likeness (QED) is 0.684. The molecule has 0 atom stereocenters. The van der Waals surface area contributed by atoms with Gasteiger partial charge in [-0.1, -0.05) is 13.8 Å². The molecule has 13 heavy (non-hydrogen) atoms. The molecule has 0 saturated carbocycles. The van der Waals surface area contributed by atoms with Gasteiger partial charge in [0.25, 0.3) is 6.43 Å². The van der Waals surface area contributed by atoms with Crippen LogP contribution in [-0.2, 0) is 6.54 Å². The molecule has 1 rings (SSSR count). The molecule has 74 valence electrons. The van der Waals surface area contributed by atoms with Crippen molar-refractivity contribution in [2.45, 2.75) is 39.7 Å². The standard InChI is InChI=1S/C10H15F2N/c1-7(2)9-5-13(4-8(9)3)6-10(11)12/h4-5,7,10H,6H2,1-3H3. The minimum Gasteiger partial charge on any atom is -0.348 e. The minimum atomic E-state index is -2.27. The number of nitrogens with zero attached hydrogens (tertiary/aromatic N) is 1. The molecule has 3 heteroatoms. The monoisotopic (exact) mass is 187 g/mol. The van der Waals surface area contributed by atoms with Crippen molar-refractivity contribution >= 4 is 0 Å². The second kappa shape index (κ2) is 3.90. The summed E-state index contributed by atoms with van der Waals surface area (Å²) >= 11 is 0. The largest absolute Gasteiger partial charge is 0.348 e. The minimum absolute atomic E-state index is 0.201. The maximum absolute atomic E-state index is 12.0. The fraction of sp³-hybridized carbons (Fsp3) is 0.600. The third-order valence-corrected chi connectivity index (χ3v) is 2.09. The third kappa shape index (κ3) is 2.54. The van der Waals surface area contributed by atoms with E-state index in [0.29, 0.717) is 5.92 Å². The van der Waals surface area contributed by atoms with Gasteiger partial charge in [0.1, 0.15) is 0 Å². The molecule has 1 aromatic rings. The zero-order chi connectivity index (χ0) is 10.0. The van der Waals surface area contributed by atoms with E-state index in [4.69, 9.17) is 0 Å². The Hall–Kier alpha value is -0.860. The molecule has 0 N–H and O–H groups in total. The van der Waals surface area contributed by atoms with Crippen molar-refractivity contribution in [1.29, 1.82) is 0 Å². The molecule has 0 aliphatic heterocycles. The molecule has 1 heterocycles. The first-order valence-electron chi connectivity index (χ1n) is 4.45. The van der Waals surface area contributed by atoms with E-state index in [1.165, 1.54) is 0 Å².